The molecule has 0 aliphatic heterocycles. The standard InChI is InChI=1S/C17H26ClN3/c1-5-7-9-14(8-6-2)21-16(13(4)18)20-15-12(3)10-11-19-17(15)21/h10-11,13-14H,5-9H2,1-4H3. The number of alkyl halides is 1. The van der Waals surface area contributed by atoms with Crippen molar-refractivity contribution < 1.29 is 0 Å². The number of unbranched alkanes of at least 4 members (excludes halogenated alkanes) is 1. The van der Waals surface area contributed by atoms with E-state index in [0.29, 0.717) is 6.04 Å². The summed E-state index contributed by atoms with van der Waals surface area (Å²) in [5.74, 6) is 0.961. The number of imidazole rings is 1. The minimum atomic E-state index is -0.0976. The first-order valence-electron chi connectivity index (χ1n) is 8.07. The second-order valence-electron chi connectivity index (χ2n) is 5.84. The smallest absolute Gasteiger partial charge is 0.160 e. The molecule has 0 saturated heterocycles. The van der Waals surface area contributed by atoms with Crippen LogP contribution in [0.1, 0.15) is 75.7 Å². The maximum Gasteiger partial charge on any atom is 0.160 e. The van der Waals surface area contributed by atoms with Crippen molar-refractivity contribution in [3.63, 3.8) is 0 Å². The van der Waals surface area contributed by atoms with E-state index in [-0.39, 0.29) is 5.38 Å². The molecule has 0 N–H and O–H groups in total. The minimum Gasteiger partial charge on any atom is -0.308 e. The minimum absolute atomic E-state index is 0.0976. The number of pyridine rings is 1. The van der Waals surface area contributed by atoms with Gasteiger partial charge in [-0.1, -0.05) is 33.1 Å². The highest BCUT2D eigenvalue weighted by Gasteiger charge is 2.22. The Balaban J connectivity index is 2.57. The summed E-state index contributed by atoms with van der Waals surface area (Å²) < 4.78 is 2.30. The largest absolute Gasteiger partial charge is 0.308 e. The van der Waals surface area contributed by atoms with E-state index in [1.165, 1.54) is 24.8 Å². The lowest BCUT2D eigenvalue weighted by Crippen LogP contribution is -2.13. The van der Waals surface area contributed by atoms with Crippen LogP contribution in [0.2, 0.25) is 0 Å². The molecule has 0 fully saturated rings. The molecule has 0 amide bonds. The summed E-state index contributed by atoms with van der Waals surface area (Å²) in [4.78, 5) is 9.39. The quantitative estimate of drug-likeness (QED) is 0.626. The zero-order valence-corrected chi connectivity index (χ0v) is 14.3. The Morgan fingerprint density at radius 1 is 1.24 bits per heavy atom. The molecule has 2 rings (SSSR count). The third-order valence-electron chi connectivity index (χ3n) is 4.04. The van der Waals surface area contributed by atoms with E-state index in [2.05, 4.69) is 30.3 Å². The molecule has 0 aromatic carbocycles. The van der Waals surface area contributed by atoms with Crippen molar-refractivity contribution in [3.8, 4) is 0 Å². The number of nitrogens with zero attached hydrogens (tertiary/aromatic N) is 3. The monoisotopic (exact) mass is 307 g/mol. The number of aromatic nitrogens is 3. The molecule has 2 heterocycles. The zero-order valence-electron chi connectivity index (χ0n) is 13.6. The van der Waals surface area contributed by atoms with Crippen molar-refractivity contribution in [1.82, 2.24) is 14.5 Å². The molecule has 0 aliphatic carbocycles. The van der Waals surface area contributed by atoms with Crippen molar-refractivity contribution in [2.75, 3.05) is 0 Å². The molecule has 2 unspecified atom stereocenters. The van der Waals surface area contributed by atoms with Gasteiger partial charge in [0.25, 0.3) is 0 Å². The molecular formula is C17H26ClN3. The molecule has 0 bridgehead atoms. The van der Waals surface area contributed by atoms with Gasteiger partial charge in [-0.2, -0.15) is 0 Å². The molecule has 116 valence electrons. The average Bonchev–Trinajstić information content (AvgIpc) is 2.84. The van der Waals surface area contributed by atoms with Gasteiger partial charge in [-0.25, -0.2) is 9.97 Å². The number of hydrogen-bond acceptors (Lipinski definition) is 2. The maximum absolute atomic E-state index is 6.40. The van der Waals surface area contributed by atoms with E-state index < -0.39 is 0 Å². The van der Waals surface area contributed by atoms with E-state index >= 15 is 0 Å². The molecule has 0 radical (unpaired) electrons. The lowest BCUT2D eigenvalue weighted by molar-refractivity contribution is 0.412. The van der Waals surface area contributed by atoms with Crippen LogP contribution in [0.4, 0.5) is 0 Å². The molecule has 0 aliphatic rings. The van der Waals surface area contributed by atoms with Crippen molar-refractivity contribution in [2.45, 2.75) is 71.2 Å². The van der Waals surface area contributed by atoms with Gasteiger partial charge in [0, 0.05) is 12.2 Å². The summed E-state index contributed by atoms with van der Waals surface area (Å²) in [6.07, 6.45) is 7.80. The Hall–Kier alpha value is -1.09. The van der Waals surface area contributed by atoms with Crippen LogP contribution in [-0.2, 0) is 0 Å². The van der Waals surface area contributed by atoms with Gasteiger partial charge in [-0.05, 0) is 38.3 Å². The average molecular weight is 308 g/mol. The van der Waals surface area contributed by atoms with Crippen LogP contribution in [0.5, 0.6) is 0 Å². The first kappa shape index (κ1) is 16.3. The highest BCUT2D eigenvalue weighted by Crippen LogP contribution is 2.32. The van der Waals surface area contributed by atoms with Gasteiger partial charge in [-0.3, -0.25) is 0 Å². The second kappa shape index (κ2) is 7.26. The van der Waals surface area contributed by atoms with Gasteiger partial charge < -0.3 is 4.57 Å². The Labute approximate surface area is 132 Å². The van der Waals surface area contributed by atoms with Gasteiger partial charge in [0.15, 0.2) is 5.65 Å². The third-order valence-corrected chi connectivity index (χ3v) is 4.24. The Bertz CT molecular complexity index is 589. The van der Waals surface area contributed by atoms with Gasteiger partial charge in [-0.15, -0.1) is 11.6 Å². The Morgan fingerprint density at radius 2 is 2.00 bits per heavy atom. The molecule has 0 spiro atoms. The number of hydrogen-bond donors (Lipinski definition) is 0. The fourth-order valence-corrected chi connectivity index (χ4v) is 3.10. The van der Waals surface area contributed by atoms with E-state index in [1.54, 1.807) is 0 Å². The Kier molecular flexibility index (Phi) is 5.63. The Morgan fingerprint density at radius 3 is 2.62 bits per heavy atom. The van der Waals surface area contributed by atoms with Crippen LogP contribution in [-0.4, -0.2) is 14.5 Å². The lowest BCUT2D eigenvalue weighted by Gasteiger charge is -2.21. The normalized spacial score (nSPS) is 14.5. The topological polar surface area (TPSA) is 30.7 Å². The fourth-order valence-electron chi connectivity index (χ4n) is 2.94. The van der Waals surface area contributed by atoms with E-state index in [4.69, 9.17) is 16.6 Å². The molecule has 2 aromatic heterocycles. The predicted octanol–water partition coefficient (Wildman–Crippen LogP) is 5.57. The van der Waals surface area contributed by atoms with E-state index in [9.17, 15) is 0 Å². The summed E-state index contributed by atoms with van der Waals surface area (Å²) in [5.41, 5.74) is 3.16. The molecule has 2 aromatic rings. The molecule has 2 atom stereocenters. The number of aryl methyl sites for hydroxylation is 1. The summed E-state index contributed by atoms with van der Waals surface area (Å²) in [6, 6.07) is 2.47. The fraction of sp³-hybridized carbons (Fsp3) is 0.647. The van der Waals surface area contributed by atoms with Crippen molar-refractivity contribution >= 4 is 22.8 Å². The number of halogens is 1. The van der Waals surface area contributed by atoms with Crippen LogP contribution in [0.15, 0.2) is 12.3 Å². The van der Waals surface area contributed by atoms with Crippen LogP contribution >= 0.6 is 11.6 Å². The van der Waals surface area contributed by atoms with Crippen LogP contribution in [0.25, 0.3) is 11.2 Å². The SMILES string of the molecule is CCCCC(CCC)n1c(C(C)Cl)nc2c(C)ccnc21. The van der Waals surface area contributed by atoms with Crippen molar-refractivity contribution in [2.24, 2.45) is 0 Å². The summed E-state index contributed by atoms with van der Waals surface area (Å²) in [5, 5.41) is -0.0976. The van der Waals surface area contributed by atoms with E-state index in [0.717, 1.165) is 29.8 Å². The third kappa shape index (κ3) is 3.39. The zero-order chi connectivity index (χ0) is 15.4. The molecule has 4 heteroatoms. The summed E-state index contributed by atoms with van der Waals surface area (Å²) in [7, 11) is 0. The van der Waals surface area contributed by atoms with Crippen LogP contribution in [0.3, 0.4) is 0 Å². The summed E-state index contributed by atoms with van der Waals surface area (Å²) >= 11 is 6.40. The van der Waals surface area contributed by atoms with Crippen molar-refractivity contribution in [1.29, 1.82) is 0 Å². The lowest BCUT2D eigenvalue weighted by atomic mass is 10.0. The maximum atomic E-state index is 6.40. The predicted molar refractivity (Wildman–Crippen MR) is 90.0 cm³/mol. The second-order valence-corrected chi connectivity index (χ2v) is 6.50. The molecule has 21 heavy (non-hydrogen) atoms. The first-order chi connectivity index (χ1) is 10.1. The first-order valence-corrected chi connectivity index (χ1v) is 8.51. The van der Waals surface area contributed by atoms with Gasteiger partial charge >= 0.3 is 0 Å². The van der Waals surface area contributed by atoms with Gasteiger partial charge in [0.05, 0.1) is 5.38 Å². The van der Waals surface area contributed by atoms with E-state index in [1.807, 2.05) is 19.2 Å². The van der Waals surface area contributed by atoms with Gasteiger partial charge in [0.2, 0.25) is 0 Å². The molecule has 3 nitrogen and oxygen atoms in total. The molecular weight excluding hydrogens is 282 g/mol. The molecule has 0 saturated carbocycles. The van der Waals surface area contributed by atoms with Gasteiger partial charge in [0.1, 0.15) is 11.3 Å². The number of rotatable bonds is 7. The van der Waals surface area contributed by atoms with Crippen molar-refractivity contribution in [3.05, 3.63) is 23.7 Å². The highest BCUT2D eigenvalue weighted by atomic mass is 35.5. The highest BCUT2D eigenvalue weighted by molar-refractivity contribution is 6.20. The summed E-state index contributed by atoms with van der Waals surface area (Å²) in [6.45, 7) is 8.56. The van der Waals surface area contributed by atoms with Crippen LogP contribution in [0, 0.1) is 6.92 Å². The van der Waals surface area contributed by atoms with Crippen LogP contribution < -0.4 is 0 Å². The number of fused-ring (bicyclic) bond motifs is 1.